The highest BCUT2D eigenvalue weighted by molar-refractivity contribution is 5.90. The van der Waals surface area contributed by atoms with E-state index in [2.05, 4.69) is 0 Å². The fourth-order valence-electron chi connectivity index (χ4n) is 2.66. The smallest absolute Gasteiger partial charge is 0.328 e. The van der Waals surface area contributed by atoms with Gasteiger partial charge in [0, 0.05) is 6.54 Å². The first-order chi connectivity index (χ1) is 10.2. The lowest BCUT2D eigenvalue weighted by Gasteiger charge is -2.34. The molecule has 0 aliphatic carbocycles. The molecule has 110 valence electrons. The van der Waals surface area contributed by atoms with Gasteiger partial charge in [-0.2, -0.15) is 5.26 Å². The Morgan fingerprint density at radius 2 is 2.05 bits per heavy atom. The lowest BCUT2D eigenvalue weighted by molar-refractivity contribution is -0.154. The lowest BCUT2D eigenvalue weighted by Crippen LogP contribution is -2.49. The Kier molecular flexibility index (Phi) is 4.94. The zero-order valence-corrected chi connectivity index (χ0v) is 12.0. The van der Waals surface area contributed by atoms with Crippen molar-refractivity contribution in [3.05, 3.63) is 35.9 Å². The highest BCUT2D eigenvalue weighted by atomic mass is 16.5. The van der Waals surface area contributed by atoms with E-state index < -0.39 is 17.9 Å². The van der Waals surface area contributed by atoms with Gasteiger partial charge in [0.25, 0.3) is 0 Å². The van der Waals surface area contributed by atoms with Gasteiger partial charge in [-0.1, -0.05) is 30.3 Å². The Hall–Kier alpha value is -2.35. The predicted octanol–water partition coefficient (Wildman–Crippen LogP) is 1.85. The molecule has 5 nitrogen and oxygen atoms in total. The molecule has 0 saturated carbocycles. The van der Waals surface area contributed by atoms with Crippen LogP contribution in [0.2, 0.25) is 0 Å². The van der Waals surface area contributed by atoms with Crippen LogP contribution in [0.3, 0.4) is 0 Å². The maximum atomic E-state index is 12.7. The molecule has 0 spiro atoms. The van der Waals surface area contributed by atoms with Gasteiger partial charge in [0.2, 0.25) is 5.91 Å². The number of carbonyl (C=O) groups excluding carboxylic acids is 2. The summed E-state index contributed by atoms with van der Waals surface area (Å²) in [5.41, 5.74) is 0.652. The number of nitriles is 1. The van der Waals surface area contributed by atoms with Crippen molar-refractivity contribution in [1.29, 1.82) is 5.26 Å². The van der Waals surface area contributed by atoms with Gasteiger partial charge in [0.05, 0.1) is 13.2 Å². The van der Waals surface area contributed by atoms with Gasteiger partial charge >= 0.3 is 5.97 Å². The molecule has 2 unspecified atom stereocenters. The van der Waals surface area contributed by atoms with E-state index in [0.717, 1.165) is 12.8 Å². The minimum absolute atomic E-state index is 0.321. The van der Waals surface area contributed by atoms with Gasteiger partial charge < -0.3 is 9.64 Å². The maximum absolute atomic E-state index is 12.7. The van der Waals surface area contributed by atoms with Crippen LogP contribution in [-0.4, -0.2) is 36.5 Å². The first-order valence-electron chi connectivity index (χ1n) is 7.02. The molecule has 21 heavy (non-hydrogen) atoms. The van der Waals surface area contributed by atoms with E-state index in [1.165, 1.54) is 12.0 Å². The van der Waals surface area contributed by atoms with Gasteiger partial charge in [-0.25, -0.2) is 4.79 Å². The second-order valence-electron chi connectivity index (χ2n) is 5.04. The second-order valence-corrected chi connectivity index (χ2v) is 5.04. The molecule has 2 rings (SSSR count). The average molecular weight is 286 g/mol. The number of hydrogen-bond acceptors (Lipinski definition) is 4. The Balaban J connectivity index is 2.23. The van der Waals surface area contributed by atoms with E-state index in [9.17, 15) is 14.9 Å². The van der Waals surface area contributed by atoms with Gasteiger partial charge in [-0.3, -0.25) is 4.79 Å². The zero-order valence-electron chi connectivity index (χ0n) is 12.0. The summed E-state index contributed by atoms with van der Waals surface area (Å²) in [6.07, 6.45) is 2.31. The van der Waals surface area contributed by atoms with E-state index in [4.69, 9.17) is 4.74 Å². The summed E-state index contributed by atoms with van der Waals surface area (Å²) in [5.74, 6) is -1.61. The number of ether oxygens (including phenoxy) is 1. The molecule has 1 aliphatic heterocycles. The van der Waals surface area contributed by atoms with Crippen molar-refractivity contribution in [1.82, 2.24) is 4.90 Å². The second kappa shape index (κ2) is 6.89. The van der Waals surface area contributed by atoms with E-state index in [0.29, 0.717) is 18.5 Å². The molecule has 1 aliphatic rings. The number of amides is 1. The molecule has 1 aromatic rings. The van der Waals surface area contributed by atoms with Crippen molar-refractivity contribution in [3.8, 4) is 6.07 Å². The molecular weight excluding hydrogens is 268 g/mol. The third-order valence-corrected chi connectivity index (χ3v) is 3.77. The van der Waals surface area contributed by atoms with Crippen molar-refractivity contribution in [2.75, 3.05) is 13.7 Å². The van der Waals surface area contributed by atoms with Crippen molar-refractivity contribution in [2.45, 2.75) is 31.2 Å². The topological polar surface area (TPSA) is 70.4 Å². The maximum Gasteiger partial charge on any atom is 0.328 e. The van der Waals surface area contributed by atoms with Crippen molar-refractivity contribution in [3.63, 3.8) is 0 Å². The first kappa shape index (κ1) is 15.0. The number of benzene rings is 1. The summed E-state index contributed by atoms with van der Waals surface area (Å²) in [4.78, 5) is 26.0. The lowest BCUT2D eigenvalue weighted by atomic mass is 9.95. The Morgan fingerprint density at radius 3 is 2.67 bits per heavy atom. The molecule has 0 aromatic heterocycles. The normalized spacial score (nSPS) is 19.4. The molecule has 0 radical (unpaired) electrons. The van der Waals surface area contributed by atoms with E-state index in [1.54, 1.807) is 24.3 Å². The third-order valence-electron chi connectivity index (χ3n) is 3.77. The van der Waals surface area contributed by atoms with Gasteiger partial charge in [-0.15, -0.1) is 0 Å². The summed E-state index contributed by atoms with van der Waals surface area (Å²) < 4.78 is 4.77. The minimum atomic E-state index is -0.878. The number of likely N-dealkylation sites (tertiary alicyclic amines) is 1. The number of nitrogens with zero attached hydrogens (tertiary/aromatic N) is 2. The van der Waals surface area contributed by atoms with E-state index in [-0.39, 0.29) is 5.91 Å². The molecule has 0 bridgehead atoms. The van der Waals surface area contributed by atoms with E-state index in [1.807, 2.05) is 12.1 Å². The quantitative estimate of drug-likeness (QED) is 0.795. The van der Waals surface area contributed by atoms with Crippen LogP contribution >= 0.6 is 0 Å². The molecule has 1 fully saturated rings. The SMILES string of the molecule is COC(=O)C1CCCCN1C(=O)C(C#N)c1ccccc1. The van der Waals surface area contributed by atoms with Gasteiger partial charge in [0.1, 0.15) is 12.0 Å². The van der Waals surface area contributed by atoms with Crippen LogP contribution in [0.4, 0.5) is 0 Å². The number of hydrogen-bond donors (Lipinski definition) is 0. The number of piperidine rings is 1. The van der Waals surface area contributed by atoms with Crippen molar-refractivity contribution in [2.24, 2.45) is 0 Å². The first-order valence-corrected chi connectivity index (χ1v) is 7.02. The molecular formula is C16H18N2O3. The Bertz CT molecular complexity index is 550. The van der Waals surface area contributed by atoms with Crippen LogP contribution in [0.25, 0.3) is 0 Å². The van der Waals surface area contributed by atoms with Crippen LogP contribution in [0.15, 0.2) is 30.3 Å². The predicted molar refractivity (Wildman–Crippen MR) is 76.2 cm³/mol. The molecule has 5 heteroatoms. The molecule has 1 saturated heterocycles. The highest BCUT2D eigenvalue weighted by Crippen LogP contribution is 2.24. The fraction of sp³-hybridized carbons (Fsp3) is 0.438. The van der Waals surface area contributed by atoms with Crippen LogP contribution < -0.4 is 0 Å². The van der Waals surface area contributed by atoms with Crippen molar-refractivity contribution >= 4 is 11.9 Å². The van der Waals surface area contributed by atoms with Crippen LogP contribution in [0, 0.1) is 11.3 Å². The largest absolute Gasteiger partial charge is 0.467 e. The molecule has 1 amide bonds. The molecule has 1 heterocycles. The van der Waals surface area contributed by atoms with Crippen LogP contribution in [-0.2, 0) is 14.3 Å². The molecule has 2 atom stereocenters. The average Bonchev–Trinajstić information content (AvgIpc) is 2.55. The highest BCUT2D eigenvalue weighted by Gasteiger charge is 2.36. The standard InChI is InChI=1S/C16H18N2O3/c1-21-16(20)14-9-5-6-10-18(14)15(19)13(11-17)12-7-3-2-4-8-12/h2-4,7-8,13-14H,5-6,9-10H2,1H3. The summed E-state index contributed by atoms with van der Waals surface area (Å²) >= 11 is 0. The number of esters is 1. The van der Waals surface area contributed by atoms with Crippen LogP contribution in [0.1, 0.15) is 30.7 Å². The number of methoxy groups -OCH3 is 1. The summed E-state index contributed by atoms with van der Waals surface area (Å²) in [7, 11) is 1.32. The molecule has 1 aromatic carbocycles. The summed E-state index contributed by atoms with van der Waals surface area (Å²) in [6, 6.07) is 10.4. The molecule has 0 N–H and O–H groups in total. The van der Waals surface area contributed by atoms with Gasteiger partial charge in [0.15, 0.2) is 0 Å². The fourth-order valence-corrected chi connectivity index (χ4v) is 2.66. The minimum Gasteiger partial charge on any atom is -0.467 e. The van der Waals surface area contributed by atoms with Crippen molar-refractivity contribution < 1.29 is 14.3 Å². The van der Waals surface area contributed by atoms with Crippen LogP contribution in [0.5, 0.6) is 0 Å². The third kappa shape index (κ3) is 3.22. The number of carbonyl (C=O) groups is 2. The van der Waals surface area contributed by atoms with Gasteiger partial charge in [-0.05, 0) is 24.8 Å². The Morgan fingerprint density at radius 1 is 1.33 bits per heavy atom. The summed E-state index contributed by atoms with van der Waals surface area (Å²) in [6.45, 7) is 0.490. The monoisotopic (exact) mass is 286 g/mol. The van der Waals surface area contributed by atoms with E-state index >= 15 is 0 Å². The Labute approximate surface area is 124 Å². The zero-order chi connectivity index (χ0) is 15.2. The number of rotatable bonds is 3. The summed E-state index contributed by atoms with van der Waals surface area (Å²) in [5, 5.41) is 9.35.